The normalized spacial score (nSPS) is 22.1. The molecule has 2 heterocycles. The Morgan fingerprint density at radius 3 is 2.81 bits per heavy atom. The van der Waals surface area contributed by atoms with Gasteiger partial charge in [0.1, 0.15) is 24.0 Å². The van der Waals surface area contributed by atoms with E-state index in [0.717, 1.165) is 0 Å². The van der Waals surface area contributed by atoms with Crippen LogP contribution in [0, 0.1) is 17.7 Å². The lowest BCUT2D eigenvalue weighted by molar-refractivity contribution is 0.0438. The van der Waals surface area contributed by atoms with Gasteiger partial charge in [0.2, 0.25) is 5.78 Å². The van der Waals surface area contributed by atoms with E-state index < -0.39 is 52.6 Å². The first-order valence-corrected chi connectivity index (χ1v) is 12.7. The molecule has 192 valence electrons. The number of hydrogen-bond donors (Lipinski definition) is 2. The van der Waals surface area contributed by atoms with Crippen molar-refractivity contribution in [3.8, 4) is 0 Å². The van der Waals surface area contributed by atoms with Crippen LogP contribution in [0.25, 0.3) is 0 Å². The molecule has 1 aromatic carbocycles. The highest BCUT2D eigenvalue weighted by atomic mass is 35.5. The van der Waals surface area contributed by atoms with Crippen molar-refractivity contribution < 1.29 is 31.3 Å². The predicted octanol–water partition coefficient (Wildman–Crippen LogP) is 1.84. The molecule has 0 amide bonds. The van der Waals surface area contributed by atoms with Gasteiger partial charge in [0, 0.05) is 18.3 Å². The summed E-state index contributed by atoms with van der Waals surface area (Å²) in [5, 5.41) is 19.2. The van der Waals surface area contributed by atoms with Crippen LogP contribution in [0.2, 0.25) is 5.02 Å². The number of aromatic nitrogens is 4. The maximum atomic E-state index is 14.8. The summed E-state index contributed by atoms with van der Waals surface area (Å²) in [7, 11) is -4.23. The zero-order valence-electron chi connectivity index (χ0n) is 18.7. The lowest BCUT2D eigenvalue weighted by Crippen LogP contribution is -2.29. The molecule has 3 N–H and O–H groups in total. The number of hydrogen-bond acceptors (Lipinski definition) is 8. The van der Waals surface area contributed by atoms with Crippen molar-refractivity contribution in [2.75, 3.05) is 6.61 Å². The van der Waals surface area contributed by atoms with Gasteiger partial charge in [0.15, 0.2) is 0 Å². The Labute approximate surface area is 210 Å². The van der Waals surface area contributed by atoms with E-state index in [9.17, 15) is 27.1 Å². The quantitative estimate of drug-likeness (QED) is 0.389. The minimum Gasteiger partial charge on any atom is -0.390 e. The van der Waals surface area contributed by atoms with E-state index in [1.54, 1.807) is 12.3 Å². The van der Waals surface area contributed by atoms with Gasteiger partial charge < -0.3 is 5.11 Å². The van der Waals surface area contributed by atoms with Crippen molar-refractivity contribution in [2.45, 2.75) is 31.7 Å². The van der Waals surface area contributed by atoms with Gasteiger partial charge in [-0.25, -0.2) is 23.9 Å². The molecule has 10 nitrogen and oxygen atoms in total. The number of carbonyl (C=O) groups excluding carboxylic acids is 1. The zero-order valence-corrected chi connectivity index (χ0v) is 20.2. The second kappa shape index (κ2) is 10.6. The molecule has 0 bridgehead atoms. The summed E-state index contributed by atoms with van der Waals surface area (Å²) in [6.45, 7) is -0.208. The molecule has 0 unspecified atom stereocenters. The molecule has 1 aliphatic rings. The van der Waals surface area contributed by atoms with E-state index in [2.05, 4.69) is 19.2 Å². The number of alkyl halides is 1. The highest BCUT2D eigenvalue weighted by molar-refractivity contribution is 7.84. The Balaban J connectivity index is 1.47. The fraction of sp³-hybridized carbons (Fsp3) is 0.364. The fourth-order valence-electron chi connectivity index (χ4n) is 4.23. The maximum Gasteiger partial charge on any atom is 0.333 e. The summed E-state index contributed by atoms with van der Waals surface area (Å²) in [6.07, 6.45) is 1.08. The third kappa shape index (κ3) is 6.10. The van der Waals surface area contributed by atoms with E-state index in [-0.39, 0.29) is 41.4 Å². The summed E-state index contributed by atoms with van der Waals surface area (Å²) in [5.41, 5.74) is 1.17. The SMILES string of the molecule is NS(=O)(=O)OC[C@H]1C[C@@H](Cc2ncncc2C(=O)c2ccn(Cc3ccc(F)c(Cl)c3)n2)[C@@H](F)[C@@H]1O. The molecule has 1 aliphatic carbocycles. The first kappa shape index (κ1) is 26.2. The number of nitrogens with zero attached hydrogens (tertiary/aromatic N) is 4. The van der Waals surface area contributed by atoms with Gasteiger partial charge in [-0.2, -0.15) is 13.5 Å². The molecule has 0 spiro atoms. The second-order valence-corrected chi connectivity index (χ2v) is 10.2. The van der Waals surface area contributed by atoms with Crippen LogP contribution in [0.15, 0.2) is 43.0 Å². The third-order valence-corrected chi connectivity index (χ3v) is 6.76. The molecule has 4 atom stereocenters. The van der Waals surface area contributed by atoms with Crippen molar-refractivity contribution in [3.05, 3.63) is 76.3 Å². The largest absolute Gasteiger partial charge is 0.390 e. The minimum absolute atomic E-state index is 0.00246. The molecule has 4 rings (SSSR count). The maximum absolute atomic E-state index is 14.8. The van der Waals surface area contributed by atoms with Crippen molar-refractivity contribution in [2.24, 2.45) is 17.0 Å². The van der Waals surface area contributed by atoms with Crippen LogP contribution in [0.4, 0.5) is 8.78 Å². The molecular formula is C22H22ClF2N5O5S. The summed E-state index contributed by atoms with van der Waals surface area (Å²) in [5.74, 6) is -2.55. The Hall–Kier alpha value is -2.84. The van der Waals surface area contributed by atoms with Gasteiger partial charge in [0.25, 0.3) is 0 Å². The molecule has 0 radical (unpaired) electrons. The van der Waals surface area contributed by atoms with Crippen molar-refractivity contribution in [1.82, 2.24) is 19.7 Å². The number of rotatable bonds is 9. The Bertz CT molecular complexity index is 1370. The van der Waals surface area contributed by atoms with Crippen LogP contribution in [0.5, 0.6) is 0 Å². The smallest absolute Gasteiger partial charge is 0.333 e. The van der Waals surface area contributed by atoms with Crippen molar-refractivity contribution in [3.63, 3.8) is 0 Å². The van der Waals surface area contributed by atoms with E-state index in [0.29, 0.717) is 5.56 Å². The molecular weight excluding hydrogens is 520 g/mol. The fourth-order valence-corrected chi connectivity index (χ4v) is 4.80. The Morgan fingerprint density at radius 2 is 2.08 bits per heavy atom. The lowest BCUT2D eigenvalue weighted by atomic mass is 9.95. The topological polar surface area (TPSA) is 150 Å². The monoisotopic (exact) mass is 541 g/mol. The summed E-state index contributed by atoms with van der Waals surface area (Å²) < 4.78 is 56.2. The Kier molecular flexibility index (Phi) is 7.76. The highest BCUT2D eigenvalue weighted by Crippen LogP contribution is 2.36. The first-order valence-electron chi connectivity index (χ1n) is 10.8. The molecule has 14 heteroatoms. The Morgan fingerprint density at radius 1 is 1.31 bits per heavy atom. The minimum atomic E-state index is -4.23. The summed E-state index contributed by atoms with van der Waals surface area (Å²) in [6, 6.07) is 5.76. The number of ketones is 1. The van der Waals surface area contributed by atoms with E-state index >= 15 is 0 Å². The van der Waals surface area contributed by atoms with Gasteiger partial charge in [0.05, 0.1) is 35.5 Å². The summed E-state index contributed by atoms with van der Waals surface area (Å²) >= 11 is 5.81. The molecule has 0 aliphatic heterocycles. The van der Waals surface area contributed by atoms with Crippen LogP contribution < -0.4 is 5.14 Å². The van der Waals surface area contributed by atoms with E-state index in [1.165, 1.54) is 35.4 Å². The molecule has 36 heavy (non-hydrogen) atoms. The number of benzene rings is 1. The van der Waals surface area contributed by atoms with Gasteiger partial charge >= 0.3 is 10.3 Å². The van der Waals surface area contributed by atoms with Crippen LogP contribution in [-0.4, -0.2) is 57.9 Å². The van der Waals surface area contributed by atoms with Crippen LogP contribution in [0.3, 0.4) is 0 Å². The molecule has 2 aromatic heterocycles. The first-order chi connectivity index (χ1) is 17.0. The van der Waals surface area contributed by atoms with Gasteiger partial charge in [-0.15, -0.1) is 0 Å². The number of carbonyl (C=O) groups is 1. The van der Waals surface area contributed by atoms with E-state index in [4.69, 9.17) is 16.7 Å². The lowest BCUT2D eigenvalue weighted by Gasteiger charge is -2.15. The second-order valence-electron chi connectivity index (χ2n) is 8.53. The number of halogens is 3. The van der Waals surface area contributed by atoms with Crippen LogP contribution >= 0.6 is 11.6 Å². The number of aliphatic hydroxyl groups is 1. The molecule has 0 saturated heterocycles. The highest BCUT2D eigenvalue weighted by Gasteiger charge is 2.43. The summed E-state index contributed by atoms with van der Waals surface area (Å²) in [4.78, 5) is 21.2. The molecule has 3 aromatic rings. The predicted molar refractivity (Wildman–Crippen MR) is 123 cm³/mol. The average Bonchev–Trinajstić information content (AvgIpc) is 3.40. The van der Waals surface area contributed by atoms with Gasteiger partial charge in [-0.05, 0) is 42.5 Å². The van der Waals surface area contributed by atoms with Gasteiger partial charge in [-0.3, -0.25) is 13.7 Å². The number of nitrogens with two attached hydrogens (primary N) is 1. The zero-order chi connectivity index (χ0) is 26.0. The van der Waals surface area contributed by atoms with Crippen molar-refractivity contribution >= 4 is 27.7 Å². The standard InChI is InChI=1S/C22H22ClF2N5O5S/c23-16-5-12(1-2-17(16)24)9-30-4-3-18(29-30)22(32)15-8-27-11-28-19(15)7-13-6-14(21(31)20(13)25)10-35-36(26,33)34/h1-5,8,11,13-14,20-21,31H,6-7,9-10H2,(H2,26,33,34)/t13-,14+,20+,21+/m0/s1. The van der Waals surface area contributed by atoms with Crippen LogP contribution in [-0.2, 0) is 27.5 Å². The van der Waals surface area contributed by atoms with E-state index in [1.807, 2.05) is 0 Å². The van der Waals surface area contributed by atoms with Gasteiger partial charge in [-0.1, -0.05) is 17.7 Å². The molecule has 1 saturated carbocycles. The third-order valence-electron chi connectivity index (χ3n) is 6.01. The average molecular weight is 542 g/mol. The van der Waals surface area contributed by atoms with Crippen molar-refractivity contribution in [1.29, 1.82) is 0 Å². The van der Waals surface area contributed by atoms with Crippen LogP contribution in [0.1, 0.15) is 33.7 Å². The number of aliphatic hydroxyl groups excluding tert-OH is 1. The molecule has 1 fully saturated rings.